The molecule has 3 nitrogen and oxygen atoms in total. The summed E-state index contributed by atoms with van der Waals surface area (Å²) in [4.78, 5) is 0. The van der Waals surface area contributed by atoms with Crippen molar-refractivity contribution in [1.82, 2.24) is 4.57 Å². The van der Waals surface area contributed by atoms with E-state index in [1.165, 1.54) is 24.2 Å². The Morgan fingerprint density at radius 2 is 1.72 bits per heavy atom. The van der Waals surface area contributed by atoms with E-state index in [9.17, 15) is 8.78 Å². The molecule has 2 aromatic carbocycles. The summed E-state index contributed by atoms with van der Waals surface area (Å²) < 4.78 is 34.0. The van der Waals surface area contributed by atoms with Crippen molar-refractivity contribution >= 4 is 0 Å². The maximum absolute atomic E-state index is 12.4. The Morgan fingerprint density at radius 1 is 1.00 bits per heavy atom. The lowest BCUT2D eigenvalue weighted by molar-refractivity contribution is -0.692. The Bertz CT molecular complexity index is 937. The highest BCUT2D eigenvalue weighted by Crippen LogP contribution is 2.26. The molecule has 0 spiro atoms. The van der Waals surface area contributed by atoms with Crippen LogP contribution in [0.5, 0.6) is 5.75 Å². The first-order valence-electron chi connectivity index (χ1n) is 9.94. The average molecular weight is 463 g/mol. The molecule has 0 fully saturated rings. The predicted molar refractivity (Wildman–Crippen MR) is 105 cm³/mol. The number of hydrogen-bond donors (Lipinski definition) is 0. The van der Waals surface area contributed by atoms with Crippen LogP contribution in [0.1, 0.15) is 37.6 Å². The highest BCUT2D eigenvalue weighted by molar-refractivity contribution is 5.58. The fraction of sp³-hybridized carbons (Fsp3) is 0.348. The maximum Gasteiger partial charge on any atom is 0.387 e. The monoisotopic (exact) mass is 462 g/mol. The van der Waals surface area contributed by atoms with Gasteiger partial charge in [0.05, 0.1) is 6.54 Å². The molecule has 0 atom stereocenters. The Kier molecular flexibility index (Phi) is 7.06. The third-order valence-corrected chi connectivity index (χ3v) is 5.41. The van der Waals surface area contributed by atoms with Crippen LogP contribution in [0.3, 0.4) is 0 Å². The van der Waals surface area contributed by atoms with E-state index in [1.54, 1.807) is 12.1 Å². The van der Waals surface area contributed by atoms with Crippen molar-refractivity contribution < 1.29 is 35.1 Å². The second-order valence-electron chi connectivity index (χ2n) is 7.19. The third-order valence-electron chi connectivity index (χ3n) is 5.41. The first-order chi connectivity index (χ1) is 13.7. The van der Waals surface area contributed by atoms with Gasteiger partial charge in [-0.15, -0.1) is 0 Å². The minimum atomic E-state index is -2.80. The first-order valence-corrected chi connectivity index (χ1v) is 9.94. The van der Waals surface area contributed by atoms with Crippen LogP contribution >= 0.6 is 0 Å². The minimum Gasteiger partial charge on any atom is -1.00 e. The molecule has 1 aliphatic rings. The second kappa shape index (κ2) is 9.53. The van der Waals surface area contributed by atoms with E-state index in [0.717, 1.165) is 42.8 Å². The zero-order valence-electron chi connectivity index (χ0n) is 16.5. The largest absolute Gasteiger partial charge is 1.00 e. The van der Waals surface area contributed by atoms with Gasteiger partial charge in [-0.05, 0) is 67.6 Å². The summed E-state index contributed by atoms with van der Waals surface area (Å²) in [6, 6.07) is 15.6. The van der Waals surface area contributed by atoms with Crippen LogP contribution < -0.4 is 26.3 Å². The quantitative estimate of drug-likeness (QED) is 0.532. The topological polar surface area (TPSA) is 18.0 Å². The maximum atomic E-state index is 12.4. The zero-order valence-corrected chi connectivity index (χ0v) is 18.0. The van der Waals surface area contributed by atoms with Crippen LogP contribution in [0, 0.1) is 0 Å². The summed E-state index contributed by atoms with van der Waals surface area (Å²) in [6.07, 6.45) is 7.77. The van der Waals surface area contributed by atoms with Gasteiger partial charge < -0.3 is 21.7 Å². The number of ether oxygens (including phenoxy) is 1. The molecule has 6 heteroatoms. The Labute approximate surface area is 180 Å². The fourth-order valence-electron chi connectivity index (χ4n) is 3.92. The van der Waals surface area contributed by atoms with Crippen molar-refractivity contribution in [1.29, 1.82) is 0 Å². The molecule has 1 aromatic heterocycles. The molecule has 3 aromatic rings. The highest BCUT2D eigenvalue weighted by Gasteiger charge is 2.26. The smallest absolute Gasteiger partial charge is 0.387 e. The van der Waals surface area contributed by atoms with Crippen LogP contribution in [-0.4, -0.2) is 11.2 Å². The van der Waals surface area contributed by atoms with Gasteiger partial charge in [-0.25, -0.2) is 4.57 Å². The molecule has 29 heavy (non-hydrogen) atoms. The van der Waals surface area contributed by atoms with Gasteiger partial charge in [0.2, 0.25) is 0 Å². The molecule has 2 heterocycles. The summed E-state index contributed by atoms with van der Waals surface area (Å²) in [5.41, 5.74) is 4.60. The average Bonchev–Trinajstić information content (AvgIpc) is 2.89. The Morgan fingerprint density at radius 3 is 2.38 bits per heavy atom. The molecule has 0 amide bonds. The van der Waals surface area contributed by atoms with Crippen molar-refractivity contribution in [2.24, 2.45) is 0 Å². The Balaban J connectivity index is 0.00000240. The predicted octanol–water partition coefficient (Wildman–Crippen LogP) is 2.33. The molecular weight excluding hydrogens is 438 g/mol. The summed E-state index contributed by atoms with van der Waals surface area (Å²) >= 11 is 0. The molecule has 4 rings (SSSR count). The number of nitrogens with zero attached hydrogens (tertiary/aromatic N) is 2. The van der Waals surface area contributed by atoms with Crippen LogP contribution in [-0.2, 0) is 19.4 Å². The Hall–Kier alpha value is -2.21. The molecule has 154 valence electrons. The number of halogens is 3. The van der Waals surface area contributed by atoms with Crippen molar-refractivity contribution in [3.05, 3.63) is 66.1 Å². The molecule has 0 N–H and O–H groups in total. The van der Waals surface area contributed by atoms with Gasteiger partial charge >= 0.3 is 6.61 Å². The van der Waals surface area contributed by atoms with Gasteiger partial charge in [-0.1, -0.05) is 19.1 Å². The first kappa shape index (κ1) is 21.5. The van der Waals surface area contributed by atoms with Crippen molar-refractivity contribution in [3.8, 4) is 22.7 Å². The fourth-order valence-corrected chi connectivity index (χ4v) is 3.92. The number of benzene rings is 2. The molecule has 0 saturated carbocycles. The molecule has 0 bridgehead atoms. The van der Waals surface area contributed by atoms with Crippen LogP contribution in [0.15, 0.2) is 54.7 Å². The molecule has 0 aliphatic carbocycles. The van der Waals surface area contributed by atoms with Gasteiger partial charge in [0.1, 0.15) is 17.6 Å². The van der Waals surface area contributed by atoms with Crippen molar-refractivity contribution in [3.63, 3.8) is 0 Å². The van der Waals surface area contributed by atoms with Crippen molar-refractivity contribution in [2.75, 3.05) is 0 Å². The summed E-state index contributed by atoms with van der Waals surface area (Å²) in [6.45, 7) is 0.329. The molecule has 0 radical (unpaired) electrons. The molecule has 0 unspecified atom stereocenters. The van der Waals surface area contributed by atoms with E-state index in [-0.39, 0.29) is 22.7 Å². The number of imidazole rings is 1. The summed E-state index contributed by atoms with van der Waals surface area (Å²) in [5, 5.41) is 0. The number of rotatable bonds is 5. The summed E-state index contributed by atoms with van der Waals surface area (Å²) in [5.74, 6) is 1.48. The van der Waals surface area contributed by atoms with Gasteiger partial charge in [-0.2, -0.15) is 13.3 Å². The van der Waals surface area contributed by atoms with Crippen LogP contribution in [0.4, 0.5) is 8.78 Å². The van der Waals surface area contributed by atoms with E-state index in [2.05, 4.69) is 51.3 Å². The molecular formula is C23H25BrF2N2O. The minimum absolute atomic E-state index is 0. The van der Waals surface area contributed by atoms with Crippen molar-refractivity contribution in [2.45, 2.75) is 52.2 Å². The second-order valence-corrected chi connectivity index (χ2v) is 7.19. The van der Waals surface area contributed by atoms with Gasteiger partial charge in [0.15, 0.2) is 5.69 Å². The van der Waals surface area contributed by atoms with E-state index in [0.29, 0.717) is 0 Å². The SMILES string of the molecule is CCc1ccc(-n2cc(-c3ccc(OC(F)F)cc3)[n+]3c2CCCCC3)cc1.[Br-]. The van der Waals surface area contributed by atoms with Gasteiger partial charge in [-0.3, -0.25) is 0 Å². The molecule has 1 aliphatic heterocycles. The number of hydrogen-bond acceptors (Lipinski definition) is 1. The van der Waals surface area contributed by atoms with E-state index < -0.39 is 6.61 Å². The number of aromatic nitrogens is 2. The summed E-state index contributed by atoms with van der Waals surface area (Å²) in [7, 11) is 0. The number of fused-ring (bicyclic) bond motifs is 1. The van der Waals surface area contributed by atoms with Crippen LogP contribution in [0.25, 0.3) is 16.9 Å². The van der Waals surface area contributed by atoms with E-state index >= 15 is 0 Å². The van der Waals surface area contributed by atoms with Gasteiger partial charge in [0.25, 0.3) is 5.82 Å². The van der Waals surface area contributed by atoms with E-state index in [1.807, 2.05) is 12.1 Å². The lowest BCUT2D eigenvalue weighted by atomic mass is 10.1. The third kappa shape index (κ3) is 4.69. The normalized spacial score (nSPS) is 13.5. The zero-order chi connectivity index (χ0) is 19.5. The number of alkyl halides is 2. The number of aryl methyl sites for hydroxylation is 1. The van der Waals surface area contributed by atoms with E-state index in [4.69, 9.17) is 0 Å². The lowest BCUT2D eigenvalue weighted by Gasteiger charge is -2.05. The molecule has 0 saturated heterocycles. The van der Waals surface area contributed by atoms with Crippen LogP contribution in [0.2, 0.25) is 0 Å². The van der Waals surface area contributed by atoms with Gasteiger partial charge in [0, 0.05) is 12.0 Å². The highest BCUT2D eigenvalue weighted by atomic mass is 79.9. The lowest BCUT2D eigenvalue weighted by Crippen LogP contribution is -3.00. The standard InChI is InChI=1S/C23H25F2N2O.BrH/c1-2-17-7-11-19(12-8-17)27-16-21(26-15-5-3-4-6-22(26)27)18-9-13-20(14-10-18)28-23(24)25;/h7-14,16,23H,2-6,15H2,1H3;1H/q+1;/p-1.